The molecule has 8 heteroatoms. The summed E-state index contributed by atoms with van der Waals surface area (Å²) < 4.78 is 43.7. The number of nitrogens with two attached hydrogens (primary N) is 1. The quantitative estimate of drug-likeness (QED) is 0.719. The van der Waals surface area contributed by atoms with E-state index in [2.05, 4.69) is 15.5 Å². The van der Waals surface area contributed by atoms with Gasteiger partial charge in [0, 0.05) is 5.69 Å². The van der Waals surface area contributed by atoms with Gasteiger partial charge in [-0.15, -0.1) is 10.2 Å². The van der Waals surface area contributed by atoms with Crippen molar-refractivity contribution < 1.29 is 17.6 Å². The van der Waals surface area contributed by atoms with E-state index in [1.165, 1.54) is 12.1 Å². The van der Waals surface area contributed by atoms with Crippen molar-refractivity contribution in [3.05, 3.63) is 60.0 Å². The lowest BCUT2D eigenvalue weighted by Crippen LogP contribution is -2.18. The average molecular weight is 360 g/mol. The number of nitrogens with zero attached hydrogens (tertiary/aromatic N) is 2. The highest BCUT2D eigenvalue weighted by atomic mass is 19.4. The zero-order valence-corrected chi connectivity index (χ0v) is 13.5. The minimum atomic E-state index is -4.36. The third-order valence-electron chi connectivity index (χ3n) is 4.29. The number of para-hydroxylation sites is 1. The molecule has 2 aromatic carbocycles. The fourth-order valence-electron chi connectivity index (χ4n) is 2.56. The highest BCUT2D eigenvalue weighted by Gasteiger charge is 2.45. The van der Waals surface area contributed by atoms with Crippen molar-refractivity contribution >= 4 is 11.4 Å². The molecule has 1 aliphatic carbocycles. The second-order valence-corrected chi connectivity index (χ2v) is 6.31. The number of rotatable bonds is 4. The normalized spacial score (nSPS) is 15.7. The smallest absolute Gasteiger partial charge is 0.416 e. The Labute approximate surface area is 147 Å². The summed E-state index contributed by atoms with van der Waals surface area (Å²) in [4.78, 5) is 0. The number of anilines is 2. The molecule has 3 aromatic rings. The number of halogens is 3. The van der Waals surface area contributed by atoms with Gasteiger partial charge in [0.05, 0.1) is 22.4 Å². The predicted molar refractivity (Wildman–Crippen MR) is 89.6 cm³/mol. The van der Waals surface area contributed by atoms with Gasteiger partial charge in [-0.25, -0.2) is 0 Å². The summed E-state index contributed by atoms with van der Waals surface area (Å²) >= 11 is 0. The first-order chi connectivity index (χ1) is 12.4. The van der Waals surface area contributed by atoms with Gasteiger partial charge < -0.3 is 15.5 Å². The maximum absolute atomic E-state index is 12.7. The van der Waals surface area contributed by atoms with Gasteiger partial charge in [-0.3, -0.25) is 0 Å². The monoisotopic (exact) mass is 360 g/mol. The van der Waals surface area contributed by atoms with Gasteiger partial charge in [0.1, 0.15) is 0 Å². The molecule has 26 heavy (non-hydrogen) atoms. The van der Waals surface area contributed by atoms with Crippen LogP contribution in [0.25, 0.3) is 11.5 Å². The van der Waals surface area contributed by atoms with Gasteiger partial charge in [-0.05, 0) is 49.2 Å². The molecule has 1 fully saturated rings. The molecule has 0 bridgehead atoms. The lowest BCUT2D eigenvalue weighted by atomic mass is 10.1. The molecular formula is C18H15F3N4O. The maximum atomic E-state index is 12.7. The largest absolute Gasteiger partial charge is 0.419 e. The summed E-state index contributed by atoms with van der Waals surface area (Å²) in [5.74, 6) is 0.712. The minimum absolute atomic E-state index is 0.312. The number of hydrogen-bond donors (Lipinski definition) is 2. The minimum Gasteiger partial charge on any atom is -0.419 e. The van der Waals surface area contributed by atoms with E-state index in [4.69, 9.17) is 10.2 Å². The first-order valence-corrected chi connectivity index (χ1v) is 8.02. The van der Waals surface area contributed by atoms with Gasteiger partial charge in [-0.2, -0.15) is 13.2 Å². The van der Waals surface area contributed by atoms with E-state index >= 15 is 0 Å². The van der Waals surface area contributed by atoms with Crippen LogP contribution in [0.3, 0.4) is 0 Å². The van der Waals surface area contributed by atoms with Gasteiger partial charge in [0.2, 0.25) is 11.8 Å². The van der Waals surface area contributed by atoms with Crippen LogP contribution in [0.2, 0.25) is 0 Å². The highest BCUT2D eigenvalue weighted by Crippen LogP contribution is 2.43. The molecule has 1 aliphatic rings. The Morgan fingerprint density at radius 1 is 1.00 bits per heavy atom. The van der Waals surface area contributed by atoms with Crippen LogP contribution in [-0.4, -0.2) is 10.2 Å². The van der Waals surface area contributed by atoms with Crippen LogP contribution in [0.15, 0.2) is 52.9 Å². The van der Waals surface area contributed by atoms with Crippen molar-refractivity contribution in [2.24, 2.45) is 5.73 Å². The molecule has 4 rings (SSSR count). The van der Waals surface area contributed by atoms with E-state index < -0.39 is 17.3 Å². The van der Waals surface area contributed by atoms with Gasteiger partial charge in [-0.1, -0.05) is 12.1 Å². The number of nitrogens with one attached hydrogen (secondary N) is 1. The Bertz CT molecular complexity index is 930. The summed E-state index contributed by atoms with van der Waals surface area (Å²) in [5, 5.41) is 11.2. The Morgan fingerprint density at radius 3 is 2.35 bits per heavy atom. The number of benzene rings is 2. The van der Waals surface area contributed by atoms with Crippen molar-refractivity contribution in [2.45, 2.75) is 24.6 Å². The molecule has 0 radical (unpaired) electrons. The molecule has 0 saturated heterocycles. The Morgan fingerprint density at radius 2 is 1.69 bits per heavy atom. The molecule has 1 heterocycles. The van der Waals surface area contributed by atoms with Crippen molar-refractivity contribution in [2.75, 3.05) is 5.32 Å². The highest BCUT2D eigenvalue weighted by molar-refractivity contribution is 5.76. The molecular weight excluding hydrogens is 345 g/mol. The Kier molecular flexibility index (Phi) is 3.73. The lowest BCUT2D eigenvalue weighted by Gasteiger charge is -2.11. The number of alkyl halides is 3. The zero-order chi connectivity index (χ0) is 18.4. The van der Waals surface area contributed by atoms with Crippen molar-refractivity contribution in [1.29, 1.82) is 0 Å². The molecule has 0 spiro atoms. The van der Waals surface area contributed by atoms with Crippen LogP contribution in [0.4, 0.5) is 24.5 Å². The molecule has 0 unspecified atom stereocenters. The van der Waals surface area contributed by atoms with Crippen molar-refractivity contribution in [1.82, 2.24) is 10.2 Å². The maximum Gasteiger partial charge on any atom is 0.416 e. The fraction of sp³-hybridized carbons (Fsp3) is 0.222. The van der Waals surface area contributed by atoms with E-state index in [9.17, 15) is 13.2 Å². The summed E-state index contributed by atoms with van der Waals surface area (Å²) in [6.45, 7) is 0. The number of aromatic nitrogens is 2. The van der Waals surface area contributed by atoms with Crippen LogP contribution in [0.5, 0.6) is 0 Å². The van der Waals surface area contributed by atoms with Crippen molar-refractivity contribution in [3.8, 4) is 11.5 Å². The van der Waals surface area contributed by atoms with E-state index in [-0.39, 0.29) is 0 Å². The molecule has 134 valence electrons. The van der Waals surface area contributed by atoms with Crippen LogP contribution in [0, 0.1) is 0 Å². The first-order valence-electron chi connectivity index (χ1n) is 8.02. The lowest BCUT2D eigenvalue weighted by molar-refractivity contribution is -0.137. The SMILES string of the molecule is NC1(c2nnc(-c3ccccc3Nc3ccc(C(F)(F)F)cc3)o2)CC1. The van der Waals surface area contributed by atoms with Crippen LogP contribution in [0.1, 0.15) is 24.3 Å². The summed E-state index contributed by atoms with van der Waals surface area (Å²) in [6.07, 6.45) is -2.75. The molecule has 0 aliphatic heterocycles. The standard InChI is InChI=1S/C18H15F3N4O/c19-18(20,21)11-5-7-12(8-6-11)23-14-4-2-1-3-13(14)15-24-25-16(26-15)17(22)9-10-17/h1-8,23H,9-10,22H2. The first kappa shape index (κ1) is 16.6. The van der Waals surface area contributed by atoms with Crippen molar-refractivity contribution in [3.63, 3.8) is 0 Å². The van der Waals surface area contributed by atoms with E-state index in [1.807, 2.05) is 6.07 Å². The molecule has 5 nitrogen and oxygen atoms in total. The second-order valence-electron chi connectivity index (χ2n) is 6.31. The van der Waals surface area contributed by atoms with Gasteiger partial charge >= 0.3 is 6.18 Å². The number of hydrogen-bond acceptors (Lipinski definition) is 5. The summed E-state index contributed by atoms with van der Waals surface area (Å²) in [5.41, 5.74) is 6.65. The molecule has 3 N–H and O–H groups in total. The molecule has 0 atom stereocenters. The molecule has 1 aromatic heterocycles. The summed E-state index contributed by atoms with van der Waals surface area (Å²) in [6, 6.07) is 12.0. The average Bonchev–Trinajstić information content (AvgIpc) is 3.17. The molecule has 1 saturated carbocycles. The summed E-state index contributed by atoms with van der Waals surface area (Å²) in [7, 11) is 0. The predicted octanol–water partition coefficient (Wildman–Crippen LogP) is 4.45. The van der Waals surface area contributed by atoms with E-state index in [0.29, 0.717) is 28.7 Å². The van der Waals surface area contributed by atoms with Gasteiger partial charge in [0.25, 0.3) is 0 Å². The molecule has 0 amide bonds. The third-order valence-corrected chi connectivity index (χ3v) is 4.29. The topological polar surface area (TPSA) is 77.0 Å². The second kappa shape index (κ2) is 5.84. The van der Waals surface area contributed by atoms with E-state index in [0.717, 1.165) is 25.0 Å². The van der Waals surface area contributed by atoms with Crippen LogP contribution >= 0.6 is 0 Å². The van der Waals surface area contributed by atoms with Crippen LogP contribution < -0.4 is 11.1 Å². The fourth-order valence-corrected chi connectivity index (χ4v) is 2.56. The van der Waals surface area contributed by atoms with E-state index in [1.54, 1.807) is 18.2 Å². The Hall–Kier alpha value is -2.87. The third kappa shape index (κ3) is 3.15. The van der Waals surface area contributed by atoms with Crippen LogP contribution in [-0.2, 0) is 11.7 Å². The van der Waals surface area contributed by atoms with Gasteiger partial charge in [0.15, 0.2) is 0 Å². The zero-order valence-electron chi connectivity index (χ0n) is 13.5. The Balaban J connectivity index is 1.61.